The molecule has 0 spiro atoms. The molecule has 0 saturated carbocycles. The Morgan fingerprint density at radius 1 is 0.919 bits per heavy atom. The molecule has 3 aromatic carbocycles. The zero-order valence-electron chi connectivity index (χ0n) is 22.0. The average molecular weight is 566 g/mol. The number of carbonyl (C=O) groups is 2. The zero-order chi connectivity index (χ0) is 26.6. The lowest BCUT2D eigenvalue weighted by Crippen LogP contribution is -2.51. The number of ether oxygens (including phenoxy) is 1. The predicted octanol–water partition coefficient (Wildman–Crippen LogP) is 6.51. The highest BCUT2D eigenvalue weighted by molar-refractivity contribution is 9.10. The topological polar surface area (TPSA) is 58.6 Å². The first-order chi connectivity index (χ1) is 17.9. The third-order valence-corrected chi connectivity index (χ3v) is 6.79. The molecule has 0 bridgehead atoms. The first-order valence-corrected chi connectivity index (χ1v) is 13.8. The van der Waals surface area contributed by atoms with Gasteiger partial charge in [0, 0.05) is 24.0 Å². The summed E-state index contributed by atoms with van der Waals surface area (Å²) in [5.41, 5.74) is 2.99. The molecule has 0 aliphatic rings. The maximum Gasteiger partial charge on any atom is 0.261 e. The number of hydrogen-bond donors (Lipinski definition) is 1. The van der Waals surface area contributed by atoms with E-state index in [0.717, 1.165) is 34.0 Å². The second-order valence-electron chi connectivity index (χ2n) is 9.48. The molecule has 1 unspecified atom stereocenters. The van der Waals surface area contributed by atoms with Gasteiger partial charge in [0.15, 0.2) is 6.61 Å². The number of hydrogen-bond acceptors (Lipinski definition) is 3. The Hall–Kier alpha value is -3.12. The fourth-order valence-corrected chi connectivity index (χ4v) is 4.42. The van der Waals surface area contributed by atoms with Gasteiger partial charge in [0.25, 0.3) is 5.91 Å². The number of nitrogens with zero attached hydrogens (tertiary/aromatic N) is 1. The van der Waals surface area contributed by atoms with Crippen molar-refractivity contribution in [1.29, 1.82) is 0 Å². The van der Waals surface area contributed by atoms with E-state index in [9.17, 15) is 9.59 Å². The predicted molar refractivity (Wildman–Crippen MR) is 153 cm³/mol. The molecule has 1 atom stereocenters. The van der Waals surface area contributed by atoms with Crippen molar-refractivity contribution in [2.45, 2.75) is 58.5 Å². The van der Waals surface area contributed by atoms with E-state index in [-0.39, 0.29) is 24.3 Å². The van der Waals surface area contributed by atoms with Crippen molar-refractivity contribution < 1.29 is 14.3 Å². The van der Waals surface area contributed by atoms with Crippen molar-refractivity contribution in [2.24, 2.45) is 0 Å². The Kier molecular flexibility index (Phi) is 11.2. The normalized spacial score (nSPS) is 11.7. The highest BCUT2D eigenvalue weighted by Crippen LogP contribution is 2.26. The summed E-state index contributed by atoms with van der Waals surface area (Å²) in [6.07, 6.45) is 2.29. The van der Waals surface area contributed by atoms with E-state index in [4.69, 9.17) is 4.74 Å². The van der Waals surface area contributed by atoms with Crippen LogP contribution in [-0.4, -0.2) is 35.9 Å². The molecule has 6 heteroatoms. The summed E-state index contributed by atoms with van der Waals surface area (Å²) in [6.45, 7) is 7.02. The summed E-state index contributed by atoms with van der Waals surface area (Å²) in [6, 6.07) is 24.8. The number of nitrogens with one attached hydrogen (secondary N) is 1. The maximum atomic E-state index is 13.7. The molecule has 0 saturated heterocycles. The third kappa shape index (κ3) is 8.74. The quantitative estimate of drug-likeness (QED) is 0.241. The van der Waals surface area contributed by atoms with Gasteiger partial charge in [0.2, 0.25) is 5.91 Å². The van der Waals surface area contributed by atoms with Crippen molar-refractivity contribution in [3.63, 3.8) is 0 Å². The number of carbonyl (C=O) groups excluding carboxylic acids is 2. The number of rotatable bonds is 13. The fourth-order valence-electron chi connectivity index (χ4n) is 4.16. The molecule has 0 aliphatic heterocycles. The fraction of sp³-hybridized carbons (Fsp3) is 0.355. The van der Waals surface area contributed by atoms with Crippen LogP contribution in [-0.2, 0) is 22.6 Å². The van der Waals surface area contributed by atoms with Crippen molar-refractivity contribution in [1.82, 2.24) is 10.2 Å². The van der Waals surface area contributed by atoms with E-state index >= 15 is 0 Å². The van der Waals surface area contributed by atoms with Gasteiger partial charge in [0.1, 0.15) is 11.8 Å². The van der Waals surface area contributed by atoms with Gasteiger partial charge in [-0.05, 0) is 47.2 Å². The number of para-hydroxylation sites is 1. The largest absolute Gasteiger partial charge is 0.483 e. The monoisotopic (exact) mass is 564 g/mol. The second-order valence-corrected chi connectivity index (χ2v) is 10.4. The maximum absolute atomic E-state index is 13.7. The van der Waals surface area contributed by atoms with Crippen LogP contribution in [0.5, 0.6) is 5.75 Å². The van der Waals surface area contributed by atoms with Crippen LogP contribution >= 0.6 is 15.9 Å². The van der Waals surface area contributed by atoms with Gasteiger partial charge < -0.3 is 15.0 Å². The summed E-state index contributed by atoms with van der Waals surface area (Å²) < 4.78 is 7.01. The molecule has 0 aliphatic carbocycles. The summed E-state index contributed by atoms with van der Waals surface area (Å²) in [5.74, 6) is 0.584. The molecule has 0 heterocycles. The van der Waals surface area contributed by atoms with Crippen LogP contribution in [0, 0.1) is 0 Å². The lowest BCUT2D eigenvalue weighted by Gasteiger charge is -2.31. The van der Waals surface area contributed by atoms with Crippen molar-refractivity contribution in [2.75, 3.05) is 13.2 Å². The highest BCUT2D eigenvalue weighted by atomic mass is 79.9. The Bertz CT molecular complexity index is 1130. The molecule has 196 valence electrons. The summed E-state index contributed by atoms with van der Waals surface area (Å²) >= 11 is 3.48. The molecule has 0 aromatic heterocycles. The Morgan fingerprint density at radius 3 is 2.27 bits per heavy atom. The van der Waals surface area contributed by atoms with Gasteiger partial charge in [-0.25, -0.2) is 0 Å². The first kappa shape index (κ1) is 28.5. The number of unbranched alkanes of at least 4 members (excludes halogenated alkanes) is 1. The molecular weight excluding hydrogens is 528 g/mol. The Balaban J connectivity index is 1.90. The van der Waals surface area contributed by atoms with Gasteiger partial charge in [-0.15, -0.1) is 0 Å². The third-order valence-electron chi connectivity index (χ3n) is 6.26. The molecule has 3 aromatic rings. The van der Waals surface area contributed by atoms with Gasteiger partial charge in [0.05, 0.1) is 0 Å². The Morgan fingerprint density at radius 2 is 1.59 bits per heavy atom. The van der Waals surface area contributed by atoms with Crippen LogP contribution in [0.3, 0.4) is 0 Å². The molecule has 0 radical (unpaired) electrons. The van der Waals surface area contributed by atoms with E-state index in [1.807, 2.05) is 78.9 Å². The van der Waals surface area contributed by atoms with Crippen LogP contribution in [0.15, 0.2) is 83.3 Å². The van der Waals surface area contributed by atoms with E-state index in [0.29, 0.717) is 25.3 Å². The molecular formula is C31H37BrN2O3. The van der Waals surface area contributed by atoms with Crippen molar-refractivity contribution >= 4 is 27.7 Å². The summed E-state index contributed by atoms with van der Waals surface area (Å²) in [7, 11) is 0. The number of benzene rings is 3. The second kappa shape index (κ2) is 14.6. The minimum Gasteiger partial charge on any atom is -0.483 e. The van der Waals surface area contributed by atoms with Crippen LogP contribution < -0.4 is 10.1 Å². The van der Waals surface area contributed by atoms with E-state index in [1.54, 1.807) is 4.90 Å². The van der Waals surface area contributed by atoms with E-state index < -0.39 is 6.04 Å². The minimum atomic E-state index is -0.667. The SMILES string of the molecule is CCCCNC(=O)C(Cc1ccccc1)N(Cc1ccc(Br)cc1)C(=O)COc1ccccc1C(C)C. The Labute approximate surface area is 229 Å². The smallest absolute Gasteiger partial charge is 0.261 e. The first-order valence-electron chi connectivity index (χ1n) is 13.0. The van der Waals surface area contributed by atoms with Crippen LogP contribution in [0.25, 0.3) is 0 Å². The average Bonchev–Trinajstić information content (AvgIpc) is 2.91. The molecule has 3 rings (SSSR count). The van der Waals surface area contributed by atoms with Gasteiger partial charge in [-0.3, -0.25) is 9.59 Å². The van der Waals surface area contributed by atoms with Crippen LogP contribution in [0.4, 0.5) is 0 Å². The van der Waals surface area contributed by atoms with Crippen LogP contribution in [0.1, 0.15) is 56.2 Å². The molecule has 5 nitrogen and oxygen atoms in total. The molecule has 1 N–H and O–H groups in total. The summed E-state index contributed by atoms with van der Waals surface area (Å²) in [4.78, 5) is 28.9. The molecule has 2 amide bonds. The number of halogens is 1. The van der Waals surface area contributed by atoms with Gasteiger partial charge in [-0.2, -0.15) is 0 Å². The molecule has 37 heavy (non-hydrogen) atoms. The van der Waals surface area contributed by atoms with E-state index in [2.05, 4.69) is 42.0 Å². The summed E-state index contributed by atoms with van der Waals surface area (Å²) in [5, 5.41) is 3.05. The van der Waals surface area contributed by atoms with Gasteiger partial charge in [-0.1, -0.05) is 104 Å². The van der Waals surface area contributed by atoms with Crippen molar-refractivity contribution in [3.05, 3.63) is 100 Å². The highest BCUT2D eigenvalue weighted by Gasteiger charge is 2.30. The zero-order valence-corrected chi connectivity index (χ0v) is 23.5. The lowest BCUT2D eigenvalue weighted by molar-refractivity contribution is -0.142. The van der Waals surface area contributed by atoms with E-state index in [1.165, 1.54) is 0 Å². The van der Waals surface area contributed by atoms with Crippen molar-refractivity contribution in [3.8, 4) is 5.75 Å². The molecule has 0 fully saturated rings. The standard InChI is InChI=1S/C31H37BrN2O3/c1-4-5-19-33-31(36)28(20-24-11-7-6-8-12-24)34(21-25-15-17-26(32)18-16-25)30(35)22-37-29-14-10-9-13-27(29)23(2)3/h6-18,23,28H,4-5,19-22H2,1-3H3,(H,33,36). The lowest BCUT2D eigenvalue weighted by atomic mass is 10.0. The number of amides is 2. The minimum absolute atomic E-state index is 0.145. The van der Waals surface area contributed by atoms with Crippen LogP contribution in [0.2, 0.25) is 0 Å². The van der Waals surface area contributed by atoms with Gasteiger partial charge >= 0.3 is 0 Å².